The summed E-state index contributed by atoms with van der Waals surface area (Å²) >= 11 is 6.02. The van der Waals surface area contributed by atoms with Crippen LogP contribution < -0.4 is 9.64 Å². The third kappa shape index (κ3) is 4.11. The topological polar surface area (TPSA) is 74.3 Å². The molecule has 0 N–H and O–H groups in total. The van der Waals surface area contributed by atoms with Gasteiger partial charge in [-0.05, 0) is 30.3 Å². The Kier molecular flexibility index (Phi) is 6.18. The Morgan fingerprint density at radius 2 is 1.79 bits per heavy atom. The van der Waals surface area contributed by atoms with Crippen LogP contribution >= 0.6 is 11.6 Å². The van der Waals surface area contributed by atoms with E-state index >= 15 is 0 Å². The molecule has 1 heterocycles. The standard InChI is InChI=1S/C20H18ClNO6/c1-25-19(23)15-11-27-12-22(18(15)20(24)26-2)16-8-3-4-9-17(16)28-14-7-5-6-13(21)10-14/h3-10H,11-12H2,1-2H3. The first-order valence-electron chi connectivity index (χ1n) is 8.32. The SMILES string of the molecule is COC(=O)C1=C(C(=O)OC)N(c2ccccc2Oc2cccc(Cl)c2)COC1. The van der Waals surface area contributed by atoms with Gasteiger partial charge in [0.25, 0.3) is 0 Å². The molecule has 7 nitrogen and oxygen atoms in total. The van der Waals surface area contributed by atoms with E-state index in [4.69, 9.17) is 30.5 Å². The molecule has 2 aromatic carbocycles. The minimum Gasteiger partial charge on any atom is -0.466 e. The van der Waals surface area contributed by atoms with Gasteiger partial charge in [0, 0.05) is 5.02 Å². The summed E-state index contributed by atoms with van der Waals surface area (Å²) in [6.07, 6.45) is 0. The van der Waals surface area contributed by atoms with Gasteiger partial charge < -0.3 is 23.8 Å². The molecule has 2 aromatic rings. The largest absolute Gasteiger partial charge is 0.466 e. The summed E-state index contributed by atoms with van der Waals surface area (Å²) in [5, 5.41) is 0.527. The van der Waals surface area contributed by atoms with Gasteiger partial charge in [0.2, 0.25) is 0 Å². The first-order valence-corrected chi connectivity index (χ1v) is 8.70. The third-order valence-electron chi connectivity index (χ3n) is 4.01. The predicted molar refractivity (Wildman–Crippen MR) is 102 cm³/mol. The number of halogens is 1. The Bertz CT molecular complexity index is 926. The number of anilines is 1. The summed E-state index contributed by atoms with van der Waals surface area (Å²) in [6, 6.07) is 14.0. The van der Waals surface area contributed by atoms with Crippen LogP contribution in [0.1, 0.15) is 0 Å². The summed E-state index contributed by atoms with van der Waals surface area (Å²) < 4.78 is 21.1. The van der Waals surface area contributed by atoms with Crippen LogP contribution in [0.3, 0.4) is 0 Å². The summed E-state index contributed by atoms with van der Waals surface area (Å²) in [6.45, 7) is -0.0359. The monoisotopic (exact) mass is 403 g/mol. The van der Waals surface area contributed by atoms with Gasteiger partial charge in [-0.15, -0.1) is 0 Å². The molecule has 1 aliphatic heterocycles. The highest BCUT2D eigenvalue weighted by molar-refractivity contribution is 6.30. The fourth-order valence-corrected chi connectivity index (χ4v) is 2.94. The van der Waals surface area contributed by atoms with Crippen molar-refractivity contribution in [1.29, 1.82) is 0 Å². The van der Waals surface area contributed by atoms with Crippen molar-refractivity contribution in [3.63, 3.8) is 0 Å². The van der Waals surface area contributed by atoms with Gasteiger partial charge in [0.05, 0.1) is 32.1 Å². The second-order valence-corrected chi connectivity index (χ2v) is 6.18. The van der Waals surface area contributed by atoms with Crippen molar-refractivity contribution < 1.29 is 28.5 Å². The molecule has 146 valence electrons. The van der Waals surface area contributed by atoms with Crippen molar-refractivity contribution >= 4 is 29.2 Å². The smallest absolute Gasteiger partial charge is 0.355 e. The van der Waals surface area contributed by atoms with E-state index in [-0.39, 0.29) is 24.6 Å². The summed E-state index contributed by atoms with van der Waals surface area (Å²) in [7, 11) is 2.48. The molecule has 0 bridgehead atoms. The average Bonchev–Trinajstić information content (AvgIpc) is 2.72. The lowest BCUT2D eigenvalue weighted by molar-refractivity contribution is -0.140. The van der Waals surface area contributed by atoms with Crippen LogP contribution in [0.2, 0.25) is 5.02 Å². The maximum Gasteiger partial charge on any atom is 0.355 e. The Morgan fingerprint density at radius 3 is 2.50 bits per heavy atom. The summed E-state index contributed by atoms with van der Waals surface area (Å²) in [5.74, 6) is -0.379. The second-order valence-electron chi connectivity index (χ2n) is 5.74. The maximum absolute atomic E-state index is 12.5. The van der Waals surface area contributed by atoms with Gasteiger partial charge in [-0.2, -0.15) is 0 Å². The van der Waals surface area contributed by atoms with Crippen molar-refractivity contribution in [2.24, 2.45) is 0 Å². The molecule has 3 rings (SSSR count). The van der Waals surface area contributed by atoms with Crippen LogP contribution in [0.4, 0.5) is 5.69 Å². The summed E-state index contributed by atoms with van der Waals surface area (Å²) in [4.78, 5) is 26.1. The van der Waals surface area contributed by atoms with Crippen LogP contribution in [-0.4, -0.2) is 39.5 Å². The molecule has 0 aliphatic carbocycles. The first kappa shape index (κ1) is 19.7. The molecule has 0 fully saturated rings. The first-order chi connectivity index (χ1) is 13.5. The van der Waals surface area contributed by atoms with E-state index in [1.165, 1.54) is 19.1 Å². The Hall–Kier alpha value is -3.03. The number of carbonyl (C=O) groups is 2. The Labute approximate surface area is 167 Å². The molecular weight excluding hydrogens is 386 g/mol. The van der Waals surface area contributed by atoms with E-state index in [0.29, 0.717) is 22.2 Å². The molecule has 1 aliphatic rings. The van der Waals surface area contributed by atoms with Gasteiger partial charge in [-0.25, -0.2) is 9.59 Å². The predicted octanol–water partition coefficient (Wildman–Crippen LogP) is 3.53. The highest BCUT2D eigenvalue weighted by atomic mass is 35.5. The van der Waals surface area contributed by atoms with Crippen LogP contribution in [0.5, 0.6) is 11.5 Å². The lowest BCUT2D eigenvalue weighted by atomic mass is 10.1. The van der Waals surface area contributed by atoms with Gasteiger partial charge in [-0.3, -0.25) is 0 Å². The number of para-hydroxylation sites is 2. The highest BCUT2D eigenvalue weighted by Gasteiger charge is 2.33. The molecule has 0 aromatic heterocycles. The number of rotatable bonds is 5. The second kappa shape index (κ2) is 8.77. The van der Waals surface area contributed by atoms with Gasteiger partial charge >= 0.3 is 11.9 Å². The van der Waals surface area contributed by atoms with Crippen LogP contribution in [0, 0.1) is 0 Å². The van der Waals surface area contributed by atoms with Crippen LogP contribution in [-0.2, 0) is 23.8 Å². The zero-order valence-electron chi connectivity index (χ0n) is 15.3. The molecule has 0 amide bonds. The van der Waals surface area contributed by atoms with Crippen molar-refractivity contribution in [3.8, 4) is 11.5 Å². The molecule has 28 heavy (non-hydrogen) atoms. The molecular formula is C20H18ClNO6. The van der Waals surface area contributed by atoms with E-state index in [1.807, 2.05) is 0 Å². The number of hydrogen-bond donors (Lipinski definition) is 0. The van der Waals surface area contributed by atoms with Crippen molar-refractivity contribution in [3.05, 3.63) is 64.8 Å². The number of nitrogens with zero attached hydrogens (tertiary/aromatic N) is 1. The van der Waals surface area contributed by atoms with Crippen LogP contribution in [0.15, 0.2) is 59.8 Å². The lowest BCUT2D eigenvalue weighted by Crippen LogP contribution is -2.38. The fraction of sp³-hybridized carbons (Fsp3) is 0.200. The Morgan fingerprint density at radius 1 is 1.04 bits per heavy atom. The molecule has 0 unspecified atom stereocenters. The van der Waals surface area contributed by atoms with E-state index in [9.17, 15) is 9.59 Å². The summed E-state index contributed by atoms with van der Waals surface area (Å²) in [5.41, 5.74) is 0.630. The minimum atomic E-state index is -0.679. The number of ether oxygens (including phenoxy) is 4. The van der Waals surface area contributed by atoms with Crippen molar-refractivity contribution in [1.82, 2.24) is 0 Å². The number of methoxy groups -OCH3 is 2. The zero-order valence-corrected chi connectivity index (χ0v) is 16.1. The van der Waals surface area contributed by atoms with Gasteiger partial charge in [-0.1, -0.05) is 29.8 Å². The number of carbonyl (C=O) groups excluding carboxylic acids is 2. The molecule has 0 saturated carbocycles. The maximum atomic E-state index is 12.5. The fourth-order valence-electron chi connectivity index (χ4n) is 2.76. The third-order valence-corrected chi connectivity index (χ3v) is 4.25. The van der Waals surface area contributed by atoms with Crippen molar-refractivity contribution in [2.45, 2.75) is 0 Å². The highest BCUT2D eigenvalue weighted by Crippen LogP contribution is 2.36. The van der Waals surface area contributed by atoms with E-state index in [2.05, 4.69) is 0 Å². The molecule has 0 saturated heterocycles. The van der Waals surface area contributed by atoms with Crippen molar-refractivity contribution in [2.75, 3.05) is 32.5 Å². The zero-order chi connectivity index (χ0) is 20.1. The number of esters is 2. The minimum absolute atomic E-state index is 0.0286. The van der Waals surface area contributed by atoms with Gasteiger partial charge in [0.15, 0.2) is 5.75 Å². The van der Waals surface area contributed by atoms with Gasteiger partial charge in [0.1, 0.15) is 18.2 Å². The van der Waals surface area contributed by atoms with E-state index < -0.39 is 11.9 Å². The molecule has 0 radical (unpaired) electrons. The average molecular weight is 404 g/mol. The van der Waals surface area contributed by atoms with E-state index in [1.54, 1.807) is 48.5 Å². The number of benzene rings is 2. The molecule has 0 atom stereocenters. The van der Waals surface area contributed by atoms with E-state index in [0.717, 1.165) is 0 Å². The lowest BCUT2D eigenvalue weighted by Gasteiger charge is -2.32. The Balaban J connectivity index is 2.06. The molecule has 0 spiro atoms. The van der Waals surface area contributed by atoms with Crippen LogP contribution in [0.25, 0.3) is 0 Å². The normalized spacial score (nSPS) is 13.9. The number of hydrogen-bond acceptors (Lipinski definition) is 7. The quantitative estimate of drug-likeness (QED) is 0.707. The molecule has 8 heteroatoms.